The summed E-state index contributed by atoms with van der Waals surface area (Å²) in [5.41, 5.74) is 0.420. The van der Waals surface area contributed by atoms with Crippen LogP contribution >= 0.6 is 0 Å². The molecule has 28 heavy (non-hydrogen) atoms. The normalized spacial score (nSPS) is 16.5. The van der Waals surface area contributed by atoms with Crippen molar-refractivity contribution in [2.45, 2.75) is 71.3 Å². The summed E-state index contributed by atoms with van der Waals surface area (Å²) in [6.07, 6.45) is 9.21. The number of rotatable bonds is 14. The summed E-state index contributed by atoms with van der Waals surface area (Å²) < 4.78 is 15.1. The van der Waals surface area contributed by atoms with Crippen molar-refractivity contribution in [3.63, 3.8) is 0 Å². The van der Waals surface area contributed by atoms with E-state index in [0.717, 1.165) is 12.8 Å². The maximum atomic E-state index is 12.1. The Morgan fingerprint density at radius 3 is 2.54 bits per heavy atom. The molecule has 0 saturated heterocycles. The molecule has 1 unspecified atom stereocenters. The highest BCUT2D eigenvalue weighted by atomic mass is 16.6. The molecule has 0 spiro atoms. The number of hydrogen-bond acceptors (Lipinski definition) is 7. The zero-order valence-corrected chi connectivity index (χ0v) is 17.4. The second-order valence-electron chi connectivity index (χ2n) is 7.02. The van der Waals surface area contributed by atoms with Gasteiger partial charge in [-0.3, -0.25) is 0 Å². The molecule has 0 heterocycles. The third-order valence-corrected chi connectivity index (χ3v) is 4.81. The van der Waals surface area contributed by atoms with Gasteiger partial charge >= 0.3 is 11.9 Å². The van der Waals surface area contributed by atoms with Gasteiger partial charge in [0.1, 0.15) is 12.3 Å². The number of nitrogens with one attached hydrogen (secondary N) is 1. The molecule has 0 bridgehead atoms. The van der Waals surface area contributed by atoms with Crippen molar-refractivity contribution in [2.75, 3.05) is 33.0 Å². The monoisotopic (exact) mass is 399 g/mol. The van der Waals surface area contributed by atoms with E-state index >= 15 is 0 Å². The topological polar surface area (TPSA) is 94.1 Å². The van der Waals surface area contributed by atoms with Gasteiger partial charge in [0.05, 0.1) is 19.3 Å². The summed E-state index contributed by atoms with van der Waals surface area (Å²) in [5.74, 6) is -0.382. The van der Waals surface area contributed by atoms with Gasteiger partial charge in [-0.2, -0.15) is 0 Å². The number of carbonyl (C=O) groups is 2. The molecule has 1 aliphatic carbocycles. The van der Waals surface area contributed by atoms with Crippen LogP contribution in [0.5, 0.6) is 0 Å². The molecule has 0 aliphatic heterocycles. The first-order valence-electron chi connectivity index (χ1n) is 10.6. The smallest absolute Gasteiger partial charge is 0.354 e. The van der Waals surface area contributed by atoms with Gasteiger partial charge in [-0.25, -0.2) is 9.59 Å². The number of allylic oxidation sites excluding steroid dienone is 1. The molecule has 0 amide bonds. The summed E-state index contributed by atoms with van der Waals surface area (Å²) in [4.78, 5) is 23.3. The Labute approximate surface area is 168 Å². The quantitative estimate of drug-likeness (QED) is 0.263. The lowest BCUT2D eigenvalue weighted by Crippen LogP contribution is -2.29. The van der Waals surface area contributed by atoms with E-state index in [0.29, 0.717) is 57.2 Å². The SMILES string of the molecule is CCOC(=O)COCCC/C=C(\NCCC(O)C1CCCCC1)C(=O)OCC. The van der Waals surface area contributed by atoms with Gasteiger partial charge in [-0.05, 0) is 51.9 Å². The van der Waals surface area contributed by atoms with Crippen LogP contribution < -0.4 is 5.32 Å². The van der Waals surface area contributed by atoms with Gasteiger partial charge in [0.15, 0.2) is 0 Å². The van der Waals surface area contributed by atoms with Crippen molar-refractivity contribution in [3.05, 3.63) is 11.8 Å². The summed E-state index contributed by atoms with van der Waals surface area (Å²) >= 11 is 0. The van der Waals surface area contributed by atoms with Gasteiger partial charge < -0.3 is 24.6 Å². The minimum absolute atomic E-state index is 0.0560. The van der Waals surface area contributed by atoms with Gasteiger partial charge in [-0.1, -0.05) is 25.3 Å². The lowest BCUT2D eigenvalue weighted by molar-refractivity contribution is -0.148. The molecule has 162 valence electrons. The summed E-state index contributed by atoms with van der Waals surface area (Å²) in [6.45, 7) is 5.06. The van der Waals surface area contributed by atoms with E-state index in [-0.39, 0.29) is 24.6 Å². The highest BCUT2D eigenvalue weighted by Crippen LogP contribution is 2.27. The van der Waals surface area contributed by atoms with Crippen LogP contribution in [0.2, 0.25) is 0 Å². The number of aliphatic hydroxyl groups is 1. The number of aliphatic hydroxyl groups excluding tert-OH is 1. The first-order valence-corrected chi connectivity index (χ1v) is 10.6. The van der Waals surface area contributed by atoms with Crippen molar-refractivity contribution < 1.29 is 28.9 Å². The van der Waals surface area contributed by atoms with E-state index in [1.54, 1.807) is 19.9 Å². The van der Waals surface area contributed by atoms with Crippen LogP contribution in [0.15, 0.2) is 11.8 Å². The molecule has 0 radical (unpaired) electrons. The van der Waals surface area contributed by atoms with Crippen molar-refractivity contribution in [1.29, 1.82) is 0 Å². The Morgan fingerprint density at radius 1 is 1.14 bits per heavy atom. The molecule has 7 nitrogen and oxygen atoms in total. The molecule has 1 rings (SSSR count). The summed E-state index contributed by atoms with van der Waals surface area (Å²) in [5, 5.41) is 13.5. The first-order chi connectivity index (χ1) is 13.6. The minimum atomic E-state index is -0.387. The zero-order chi connectivity index (χ0) is 20.6. The Kier molecular flexibility index (Phi) is 13.4. The largest absolute Gasteiger partial charge is 0.464 e. The molecular formula is C21H37NO6. The summed E-state index contributed by atoms with van der Waals surface area (Å²) in [6, 6.07) is 0. The predicted molar refractivity (Wildman–Crippen MR) is 107 cm³/mol. The van der Waals surface area contributed by atoms with E-state index in [2.05, 4.69) is 5.32 Å². The average molecular weight is 400 g/mol. The highest BCUT2D eigenvalue weighted by molar-refractivity contribution is 5.87. The maximum Gasteiger partial charge on any atom is 0.354 e. The second kappa shape index (κ2) is 15.3. The zero-order valence-electron chi connectivity index (χ0n) is 17.4. The molecule has 2 N–H and O–H groups in total. The fourth-order valence-corrected chi connectivity index (χ4v) is 3.34. The lowest BCUT2D eigenvalue weighted by Gasteiger charge is -2.26. The molecule has 1 atom stereocenters. The van der Waals surface area contributed by atoms with E-state index < -0.39 is 0 Å². The molecule has 0 aromatic heterocycles. The van der Waals surface area contributed by atoms with Gasteiger partial charge in [0, 0.05) is 13.2 Å². The van der Waals surface area contributed by atoms with Gasteiger partial charge in [0.25, 0.3) is 0 Å². The van der Waals surface area contributed by atoms with Crippen LogP contribution in [0.1, 0.15) is 65.2 Å². The number of unbranched alkanes of at least 4 members (excludes halogenated alkanes) is 1. The van der Waals surface area contributed by atoms with Gasteiger partial charge in [-0.15, -0.1) is 0 Å². The second-order valence-corrected chi connectivity index (χ2v) is 7.02. The summed E-state index contributed by atoms with van der Waals surface area (Å²) in [7, 11) is 0. The molecular weight excluding hydrogens is 362 g/mol. The van der Waals surface area contributed by atoms with Crippen LogP contribution in [-0.4, -0.2) is 56.1 Å². The molecule has 0 aromatic carbocycles. The van der Waals surface area contributed by atoms with Crippen molar-refractivity contribution in [2.24, 2.45) is 5.92 Å². The predicted octanol–water partition coefficient (Wildman–Crippen LogP) is 2.71. The highest BCUT2D eigenvalue weighted by Gasteiger charge is 2.21. The average Bonchev–Trinajstić information content (AvgIpc) is 2.70. The van der Waals surface area contributed by atoms with Gasteiger partial charge in [0.2, 0.25) is 0 Å². The number of hydrogen-bond donors (Lipinski definition) is 2. The number of esters is 2. The van der Waals surface area contributed by atoms with Crippen LogP contribution in [0.4, 0.5) is 0 Å². The van der Waals surface area contributed by atoms with Crippen molar-refractivity contribution >= 4 is 11.9 Å². The number of carbonyl (C=O) groups excluding carboxylic acids is 2. The van der Waals surface area contributed by atoms with E-state index in [1.807, 2.05) is 0 Å². The van der Waals surface area contributed by atoms with Crippen molar-refractivity contribution in [3.8, 4) is 0 Å². The van der Waals surface area contributed by atoms with Crippen molar-refractivity contribution in [1.82, 2.24) is 5.32 Å². The minimum Gasteiger partial charge on any atom is -0.464 e. The fraction of sp³-hybridized carbons (Fsp3) is 0.810. The molecule has 7 heteroatoms. The third kappa shape index (κ3) is 10.7. The van der Waals surface area contributed by atoms with E-state index in [1.165, 1.54) is 19.3 Å². The van der Waals surface area contributed by atoms with Crippen LogP contribution in [0.3, 0.4) is 0 Å². The van der Waals surface area contributed by atoms with E-state index in [9.17, 15) is 14.7 Å². The maximum absolute atomic E-state index is 12.1. The molecule has 1 saturated carbocycles. The Balaban J connectivity index is 2.33. The third-order valence-electron chi connectivity index (χ3n) is 4.81. The standard InChI is InChI=1S/C21H37NO6/c1-3-27-20(24)16-26-15-9-8-12-18(21(25)28-4-2)22-14-13-19(23)17-10-6-5-7-11-17/h12,17,19,22-23H,3-11,13-16H2,1-2H3/b18-12-. The molecule has 0 aromatic rings. The Bertz CT molecular complexity index is 474. The number of ether oxygens (including phenoxy) is 3. The fourth-order valence-electron chi connectivity index (χ4n) is 3.34. The van der Waals surface area contributed by atoms with E-state index in [4.69, 9.17) is 14.2 Å². The molecule has 1 aliphatic rings. The van der Waals surface area contributed by atoms with Crippen LogP contribution in [0.25, 0.3) is 0 Å². The molecule has 1 fully saturated rings. The van der Waals surface area contributed by atoms with Crippen LogP contribution in [0, 0.1) is 5.92 Å². The Hall–Kier alpha value is -1.60. The lowest BCUT2D eigenvalue weighted by atomic mass is 9.84. The first kappa shape index (κ1) is 24.4. The van der Waals surface area contributed by atoms with Crippen LogP contribution in [-0.2, 0) is 23.8 Å². The Morgan fingerprint density at radius 2 is 1.86 bits per heavy atom.